The van der Waals surface area contributed by atoms with E-state index in [1.807, 2.05) is 12.1 Å². The van der Waals surface area contributed by atoms with E-state index in [0.717, 1.165) is 17.7 Å². The fourth-order valence-corrected chi connectivity index (χ4v) is 1.31. The lowest BCUT2D eigenvalue weighted by Gasteiger charge is -2.04. The lowest BCUT2D eigenvalue weighted by Crippen LogP contribution is -2.00. The van der Waals surface area contributed by atoms with Gasteiger partial charge in [0.2, 0.25) is 0 Å². The second kappa shape index (κ2) is 6.02. The Kier molecular flexibility index (Phi) is 4.61. The van der Waals surface area contributed by atoms with E-state index >= 15 is 0 Å². The fourth-order valence-electron chi connectivity index (χ4n) is 1.31. The molecule has 1 aromatic carbocycles. The first-order chi connectivity index (χ1) is 7.27. The van der Waals surface area contributed by atoms with Gasteiger partial charge in [-0.3, -0.25) is 0 Å². The molecule has 0 unspecified atom stereocenters. The van der Waals surface area contributed by atoms with Crippen molar-refractivity contribution < 1.29 is 4.84 Å². The zero-order valence-corrected chi connectivity index (χ0v) is 9.36. The van der Waals surface area contributed by atoms with E-state index in [0.29, 0.717) is 6.61 Å². The van der Waals surface area contributed by atoms with Crippen LogP contribution in [0.5, 0.6) is 0 Å². The van der Waals surface area contributed by atoms with Crippen LogP contribution in [0.3, 0.4) is 0 Å². The highest BCUT2D eigenvalue weighted by atomic mass is 16.6. The van der Waals surface area contributed by atoms with Crippen LogP contribution < -0.4 is 0 Å². The van der Waals surface area contributed by atoms with E-state index in [1.54, 1.807) is 6.08 Å². The van der Waals surface area contributed by atoms with Gasteiger partial charge in [0, 0.05) is 0 Å². The number of nitrogens with zero attached hydrogens (tertiary/aromatic N) is 1. The van der Waals surface area contributed by atoms with Gasteiger partial charge in [0.25, 0.3) is 0 Å². The maximum Gasteiger partial charge on any atom is 0.135 e. The van der Waals surface area contributed by atoms with Gasteiger partial charge in [-0.05, 0) is 18.9 Å². The smallest absolute Gasteiger partial charge is 0.135 e. The van der Waals surface area contributed by atoms with Crippen LogP contribution in [0.1, 0.15) is 24.5 Å². The molecule has 0 aliphatic carbocycles. The molecule has 0 saturated carbocycles. The lowest BCUT2D eigenvalue weighted by atomic mass is 10.1. The standard InChI is InChI=1S/C13H17NO/c1-4-9-15-14-13(5-2)12-8-6-7-11(3)10-12/h4,6-8,10H,1,5,9H2,2-3H3. The van der Waals surface area contributed by atoms with Crippen LogP contribution in [-0.2, 0) is 4.84 Å². The molecule has 0 fully saturated rings. The van der Waals surface area contributed by atoms with E-state index in [9.17, 15) is 0 Å². The van der Waals surface area contributed by atoms with Crippen molar-refractivity contribution in [3.05, 3.63) is 48.0 Å². The van der Waals surface area contributed by atoms with Gasteiger partial charge in [0.05, 0.1) is 5.71 Å². The van der Waals surface area contributed by atoms with E-state index in [2.05, 4.69) is 37.7 Å². The highest BCUT2D eigenvalue weighted by Crippen LogP contribution is 2.08. The Morgan fingerprint density at radius 3 is 2.93 bits per heavy atom. The zero-order valence-electron chi connectivity index (χ0n) is 9.36. The number of benzene rings is 1. The van der Waals surface area contributed by atoms with Crippen molar-refractivity contribution in [1.82, 2.24) is 0 Å². The number of oxime groups is 1. The molecule has 0 heterocycles. The Morgan fingerprint density at radius 2 is 2.33 bits per heavy atom. The fraction of sp³-hybridized carbons (Fsp3) is 0.308. The molecule has 0 aliphatic rings. The molecule has 0 saturated heterocycles. The topological polar surface area (TPSA) is 21.6 Å². The summed E-state index contributed by atoms with van der Waals surface area (Å²) < 4.78 is 0. The third kappa shape index (κ3) is 3.58. The van der Waals surface area contributed by atoms with E-state index in [4.69, 9.17) is 4.84 Å². The van der Waals surface area contributed by atoms with Crippen molar-refractivity contribution in [3.63, 3.8) is 0 Å². The molecule has 2 heteroatoms. The molecular formula is C13H17NO. The maximum atomic E-state index is 5.10. The first-order valence-corrected chi connectivity index (χ1v) is 5.14. The van der Waals surface area contributed by atoms with Gasteiger partial charge in [-0.2, -0.15) is 0 Å². The summed E-state index contributed by atoms with van der Waals surface area (Å²) in [6, 6.07) is 8.26. The molecular weight excluding hydrogens is 186 g/mol. The maximum absolute atomic E-state index is 5.10. The third-order valence-corrected chi connectivity index (χ3v) is 2.05. The monoisotopic (exact) mass is 203 g/mol. The minimum Gasteiger partial charge on any atom is -0.391 e. The van der Waals surface area contributed by atoms with Crippen LogP contribution in [0, 0.1) is 6.92 Å². The van der Waals surface area contributed by atoms with Crippen LogP contribution in [0.25, 0.3) is 0 Å². The number of hydrogen-bond donors (Lipinski definition) is 0. The lowest BCUT2D eigenvalue weighted by molar-refractivity contribution is 0.174. The molecule has 2 nitrogen and oxygen atoms in total. The Morgan fingerprint density at radius 1 is 1.53 bits per heavy atom. The number of hydrogen-bond acceptors (Lipinski definition) is 2. The SMILES string of the molecule is C=CCON=C(CC)c1cccc(C)c1. The van der Waals surface area contributed by atoms with Crippen molar-refractivity contribution in [3.8, 4) is 0 Å². The second-order valence-electron chi connectivity index (χ2n) is 3.35. The van der Waals surface area contributed by atoms with Gasteiger partial charge in [-0.25, -0.2) is 0 Å². The van der Waals surface area contributed by atoms with Gasteiger partial charge >= 0.3 is 0 Å². The molecule has 0 bridgehead atoms. The minimum atomic E-state index is 0.454. The summed E-state index contributed by atoms with van der Waals surface area (Å²) >= 11 is 0. The van der Waals surface area contributed by atoms with Crippen molar-refractivity contribution in [2.24, 2.45) is 5.16 Å². The van der Waals surface area contributed by atoms with Crippen molar-refractivity contribution in [1.29, 1.82) is 0 Å². The average Bonchev–Trinajstić information content (AvgIpc) is 2.24. The first kappa shape index (κ1) is 11.5. The molecule has 0 aliphatic heterocycles. The normalized spacial score (nSPS) is 11.2. The summed E-state index contributed by atoms with van der Waals surface area (Å²) in [6.45, 7) is 8.17. The molecule has 1 aromatic rings. The molecule has 0 N–H and O–H groups in total. The summed E-state index contributed by atoms with van der Waals surface area (Å²) in [6.07, 6.45) is 2.55. The first-order valence-electron chi connectivity index (χ1n) is 5.14. The number of aryl methyl sites for hydroxylation is 1. The summed E-state index contributed by atoms with van der Waals surface area (Å²) in [7, 11) is 0. The van der Waals surface area contributed by atoms with E-state index < -0.39 is 0 Å². The Hall–Kier alpha value is -1.57. The summed E-state index contributed by atoms with van der Waals surface area (Å²) in [5.41, 5.74) is 3.33. The molecule has 1 rings (SSSR count). The highest BCUT2D eigenvalue weighted by Gasteiger charge is 2.01. The molecule has 0 atom stereocenters. The van der Waals surface area contributed by atoms with Crippen LogP contribution in [0.15, 0.2) is 42.1 Å². The summed E-state index contributed by atoms with van der Waals surface area (Å²) in [5, 5.41) is 4.09. The second-order valence-corrected chi connectivity index (χ2v) is 3.35. The molecule has 0 radical (unpaired) electrons. The molecule has 0 amide bonds. The Bertz CT molecular complexity index is 355. The minimum absolute atomic E-state index is 0.454. The van der Waals surface area contributed by atoms with Gasteiger partial charge in [0.1, 0.15) is 6.61 Å². The van der Waals surface area contributed by atoms with Gasteiger partial charge in [0.15, 0.2) is 0 Å². The Balaban J connectivity index is 2.82. The van der Waals surface area contributed by atoms with Crippen LogP contribution >= 0.6 is 0 Å². The zero-order chi connectivity index (χ0) is 11.1. The quantitative estimate of drug-likeness (QED) is 0.311. The van der Waals surface area contributed by atoms with Crippen LogP contribution in [0.2, 0.25) is 0 Å². The van der Waals surface area contributed by atoms with Gasteiger partial charge in [-0.1, -0.05) is 54.6 Å². The van der Waals surface area contributed by atoms with Gasteiger partial charge < -0.3 is 4.84 Å². The highest BCUT2D eigenvalue weighted by molar-refractivity contribution is 6.00. The van der Waals surface area contributed by atoms with E-state index in [-0.39, 0.29) is 0 Å². The largest absolute Gasteiger partial charge is 0.391 e. The van der Waals surface area contributed by atoms with Crippen molar-refractivity contribution in [2.75, 3.05) is 6.61 Å². The summed E-state index contributed by atoms with van der Waals surface area (Å²) in [4.78, 5) is 5.10. The average molecular weight is 203 g/mol. The molecule has 0 spiro atoms. The van der Waals surface area contributed by atoms with Crippen molar-refractivity contribution >= 4 is 5.71 Å². The summed E-state index contributed by atoms with van der Waals surface area (Å²) in [5.74, 6) is 0. The van der Waals surface area contributed by atoms with Crippen LogP contribution in [0.4, 0.5) is 0 Å². The number of rotatable bonds is 5. The Labute approximate surface area is 91.3 Å². The molecule has 80 valence electrons. The van der Waals surface area contributed by atoms with Crippen LogP contribution in [-0.4, -0.2) is 12.3 Å². The van der Waals surface area contributed by atoms with Gasteiger partial charge in [-0.15, -0.1) is 0 Å². The predicted molar refractivity (Wildman–Crippen MR) is 64.2 cm³/mol. The molecule has 0 aromatic heterocycles. The third-order valence-electron chi connectivity index (χ3n) is 2.05. The predicted octanol–water partition coefficient (Wildman–Crippen LogP) is 3.31. The van der Waals surface area contributed by atoms with E-state index in [1.165, 1.54) is 5.56 Å². The van der Waals surface area contributed by atoms with Crippen molar-refractivity contribution in [2.45, 2.75) is 20.3 Å². The molecule has 15 heavy (non-hydrogen) atoms.